The van der Waals surface area contributed by atoms with E-state index in [2.05, 4.69) is 5.32 Å². The second kappa shape index (κ2) is 7.12. The van der Waals surface area contributed by atoms with Gasteiger partial charge < -0.3 is 10.1 Å². The summed E-state index contributed by atoms with van der Waals surface area (Å²) in [4.78, 5) is 12.3. The van der Waals surface area contributed by atoms with E-state index in [4.69, 9.17) is 4.74 Å². The van der Waals surface area contributed by atoms with Gasteiger partial charge >= 0.3 is 0 Å². The molecule has 0 saturated carbocycles. The molecule has 3 nitrogen and oxygen atoms in total. The molecule has 2 aromatic rings. The molecule has 0 aliphatic rings. The lowest BCUT2D eigenvalue weighted by atomic mass is 10.1. The van der Waals surface area contributed by atoms with Crippen molar-refractivity contribution in [2.24, 2.45) is 0 Å². The van der Waals surface area contributed by atoms with Gasteiger partial charge in [0, 0.05) is 0 Å². The molecule has 2 atom stereocenters. The molecule has 2 aromatic carbocycles. The summed E-state index contributed by atoms with van der Waals surface area (Å²) in [5.41, 5.74) is 3.30. The van der Waals surface area contributed by atoms with Crippen molar-refractivity contribution in [2.75, 3.05) is 0 Å². The van der Waals surface area contributed by atoms with Gasteiger partial charge in [0.15, 0.2) is 6.10 Å². The van der Waals surface area contributed by atoms with Crippen LogP contribution in [0.2, 0.25) is 0 Å². The number of hydrogen-bond donors (Lipinski definition) is 1. The summed E-state index contributed by atoms with van der Waals surface area (Å²) in [6.07, 6.45) is -0.535. The Balaban J connectivity index is 1.99. The minimum atomic E-state index is -0.535. The highest BCUT2D eigenvalue weighted by atomic mass is 16.5. The smallest absolute Gasteiger partial charge is 0.261 e. The largest absolute Gasteiger partial charge is 0.481 e. The monoisotopic (exact) mass is 297 g/mol. The predicted octanol–water partition coefficient (Wildman–Crippen LogP) is 3.95. The normalized spacial score (nSPS) is 13.3. The first-order valence-corrected chi connectivity index (χ1v) is 7.57. The Bertz CT molecular complexity index is 637. The highest BCUT2D eigenvalue weighted by Crippen LogP contribution is 2.22. The summed E-state index contributed by atoms with van der Waals surface area (Å²) < 4.78 is 5.81. The molecular formula is C19H23NO2. The van der Waals surface area contributed by atoms with Gasteiger partial charge in [-0.2, -0.15) is 0 Å². The fourth-order valence-corrected chi connectivity index (χ4v) is 2.25. The Morgan fingerprint density at radius 3 is 2.36 bits per heavy atom. The number of carbonyl (C=O) groups excluding carboxylic acids is 1. The molecule has 2 rings (SSSR count). The minimum absolute atomic E-state index is 0.0432. The zero-order valence-corrected chi connectivity index (χ0v) is 13.6. The van der Waals surface area contributed by atoms with Crippen LogP contribution in [0.4, 0.5) is 0 Å². The first-order chi connectivity index (χ1) is 10.5. The molecule has 0 unspecified atom stereocenters. The van der Waals surface area contributed by atoms with Crippen molar-refractivity contribution < 1.29 is 9.53 Å². The van der Waals surface area contributed by atoms with Crippen molar-refractivity contribution in [3.8, 4) is 5.75 Å². The van der Waals surface area contributed by atoms with Gasteiger partial charge in [0.05, 0.1) is 6.04 Å². The van der Waals surface area contributed by atoms with Crippen LogP contribution < -0.4 is 10.1 Å². The van der Waals surface area contributed by atoms with Crippen LogP contribution in [0.3, 0.4) is 0 Å². The van der Waals surface area contributed by atoms with Crippen LogP contribution in [0.1, 0.15) is 36.6 Å². The average Bonchev–Trinajstić information content (AvgIpc) is 2.52. The standard InChI is InChI=1S/C19H23NO2/c1-13-9-8-12-18(14(13)2)22-16(4)19(21)20-15(3)17-10-6-5-7-11-17/h5-12,15-16H,1-4H3,(H,20,21)/t15-,16+/m1/s1. The average molecular weight is 297 g/mol. The lowest BCUT2D eigenvalue weighted by Crippen LogP contribution is -2.37. The maximum atomic E-state index is 12.3. The topological polar surface area (TPSA) is 38.3 Å². The van der Waals surface area contributed by atoms with E-state index < -0.39 is 6.10 Å². The number of nitrogens with one attached hydrogen (secondary N) is 1. The molecule has 3 heteroatoms. The van der Waals surface area contributed by atoms with E-state index >= 15 is 0 Å². The summed E-state index contributed by atoms with van der Waals surface area (Å²) in [6, 6.07) is 15.7. The number of amides is 1. The number of ether oxygens (including phenoxy) is 1. The Kier molecular flexibility index (Phi) is 5.21. The third kappa shape index (κ3) is 3.88. The molecule has 0 spiro atoms. The highest BCUT2D eigenvalue weighted by molar-refractivity contribution is 5.81. The van der Waals surface area contributed by atoms with Gasteiger partial charge in [0.1, 0.15) is 5.75 Å². The molecule has 116 valence electrons. The fraction of sp³-hybridized carbons (Fsp3) is 0.316. The van der Waals surface area contributed by atoms with Crippen LogP contribution in [-0.4, -0.2) is 12.0 Å². The van der Waals surface area contributed by atoms with Crippen molar-refractivity contribution in [1.82, 2.24) is 5.32 Å². The van der Waals surface area contributed by atoms with E-state index in [-0.39, 0.29) is 11.9 Å². The Hall–Kier alpha value is -2.29. The quantitative estimate of drug-likeness (QED) is 0.907. The molecule has 0 heterocycles. The molecule has 0 aliphatic carbocycles. The molecule has 1 N–H and O–H groups in total. The molecule has 22 heavy (non-hydrogen) atoms. The number of hydrogen-bond acceptors (Lipinski definition) is 2. The van der Waals surface area contributed by atoms with Gasteiger partial charge in [-0.1, -0.05) is 42.5 Å². The summed E-state index contributed by atoms with van der Waals surface area (Å²) in [5.74, 6) is 0.646. The first kappa shape index (κ1) is 16.1. The van der Waals surface area contributed by atoms with Crippen molar-refractivity contribution in [3.63, 3.8) is 0 Å². The molecule has 0 bridgehead atoms. The zero-order valence-electron chi connectivity index (χ0n) is 13.6. The fourth-order valence-electron chi connectivity index (χ4n) is 2.25. The maximum Gasteiger partial charge on any atom is 0.261 e. The number of benzene rings is 2. The summed E-state index contributed by atoms with van der Waals surface area (Å²) in [6.45, 7) is 7.78. The first-order valence-electron chi connectivity index (χ1n) is 7.57. The number of carbonyl (C=O) groups is 1. The van der Waals surface area contributed by atoms with E-state index in [1.807, 2.05) is 69.3 Å². The Labute approximate surface area is 132 Å². The Morgan fingerprint density at radius 1 is 1.00 bits per heavy atom. The van der Waals surface area contributed by atoms with Crippen LogP contribution >= 0.6 is 0 Å². The van der Waals surface area contributed by atoms with Crippen LogP contribution in [-0.2, 0) is 4.79 Å². The van der Waals surface area contributed by atoms with Crippen molar-refractivity contribution in [3.05, 3.63) is 65.2 Å². The summed E-state index contributed by atoms with van der Waals surface area (Å²) in [5, 5.41) is 2.99. The predicted molar refractivity (Wildman–Crippen MR) is 89.0 cm³/mol. The molecular weight excluding hydrogens is 274 g/mol. The van der Waals surface area contributed by atoms with Crippen molar-refractivity contribution in [2.45, 2.75) is 39.8 Å². The van der Waals surface area contributed by atoms with Gasteiger partial charge in [-0.05, 0) is 50.5 Å². The summed E-state index contributed by atoms with van der Waals surface area (Å²) in [7, 11) is 0. The van der Waals surface area contributed by atoms with Crippen LogP contribution in [0, 0.1) is 13.8 Å². The highest BCUT2D eigenvalue weighted by Gasteiger charge is 2.18. The molecule has 1 amide bonds. The second-order valence-electron chi connectivity index (χ2n) is 5.60. The molecule has 0 aliphatic heterocycles. The molecule has 0 radical (unpaired) electrons. The lowest BCUT2D eigenvalue weighted by Gasteiger charge is -2.20. The minimum Gasteiger partial charge on any atom is -0.481 e. The zero-order chi connectivity index (χ0) is 16.1. The van der Waals surface area contributed by atoms with Gasteiger partial charge in [-0.3, -0.25) is 4.79 Å². The van der Waals surface area contributed by atoms with E-state index in [0.29, 0.717) is 0 Å². The van der Waals surface area contributed by atoms with Crippen LogP contribution in [0.25, 0.3) is 0 Å². The van der Waals surface area contributed by atoms with Crippen LogP contribution in [0.5, 0.6) is 5.75 Å². The molecule has 0 saturated heterocycles. The van der Waals surface area contributed by atoms with Crippen molar-refractivity contribution in [1.29, 1.82) is 0 Å². The van der Waals surface area contributed by atoms with Gasteiger partial charge in [0.2, 0.25) is 0 Å². The van der Waals surface area contributed by atoms with Gasteiger partial charge in [0.25, 0.3) is 5.91 Å². The van der Waals surface area contributed by atoms with E-state index in [1.54, 1.807) is 6.92 Å². The number of rotatable bonds is 5. The lowest BCUT2D eigenvalue weighted by molar-refractivity contribution is -0.127. The third-order valence-corrected chi connectivity index (χ3v) is 3.89. The van der Waals surface area contributed by atoms with Crippen molar-refractivity contribution >= 4 is 5.91 Å². The van der Waals surface area contributed by atoms with Gasteiger partial charge in [-0.15, -0.1) is 0 Å². The van der Waals surface area contributed by atoms with E-state index in [9.17, 15) is 4.79 Å². The molecule has 0 aromatic heterocycles. The van der Waals surface area contributed by atoms with E-state index in [1.165, 1.54) is 0 Å². The third-order valence-electron chi connectivity index (χ3n) is 3.89. The number of aryl methyl sites for hydroxylation is 1. The van der Waals surface area contributed by atoms with E-state index in [0.717, 1.165) is 22.4 Å². The van der Waals surface area contributed by atoms with Gasteiger partial charge in [-0.25, -0.2) is 0 Å². The van der Waals surface area contributed by atoms with Crippen LogP contribution in [0.15, 0.2) is 48.5 Å². The summed E-state index contributed by atoms with van der Waals surface area (Å²) >= 11 is 0. The SMILES string of the molecule is Cc1cccc(O[C@@H](C)C(=O)N[C@H](C)c2ccccc2)c1C. The molecule has 0 fully saturated rings. The maximum absolute atomic E-state index is 12.3. The second-order valence-corrected chi connectivity index (χ2v) is 5.60. The Morgan fingerprint density at radius 2 is 1.68 bits per heavy atom.